The van der Waals surface area contributed by atoms with Crippen LogP contribution in [-0.2, 0) is 15.0 Å². The summed E-state index contributed by atoms with van der Waals surface area (Å²) in [5, 5.41) is 5.36. The highest BCUT2D eigenvalue weighted by Gasteiger charge is 2.33. The van der Waals surface area contributed by atoms with Crippen molar-refractivity contribution in [1.29, 1.82) is 0 Å². The van der Waals surface area contributed by atoms with Crippen molar-refractivity contribution in [1.82, 2.24) is 15.3 Å². The summed E-state index contributed by atoms with van der Waals surface area (Å²) in [6.07, 6.45) is 0.947. The van der Waals surface area contributed by atoms with E-state index in [2.05, 4.69) is 41.5 Å². The minimum absolute atomic E-state index is 0.153. The highest BCUT2D eigenvalue weighted by atomic mass is 79.9. The number of nitrogens with zero attached hydrogens (tertiary/aromatic N) is 3. The molecule has 1 atom stereocenters. The second kappa shape index (κ2) is 9.11. The van der Waals surface area contributed by atoms with Gasteiger partial charge in [0.05, 0.1) is 12.3 Å². The Morgan fingerprint density at radius 3 is 2.65 bits per heavy atom. The number of hydrogen-bond donors (Lipinski definition) is 2. The summed E-state index contributed by atoms with van der Waals surface area (Å²) in [6, 6.07) is 8.58. The normalized spacial score (nSPS) is 18.7. The van der Waals surface area contributed by atoms with E-state index in [-0.39, 0.29) is 24.8 Å². The fourth-order valence-corrected chi connectivity index (χ4v) is 3.05. The molecule has 0 saturated heterocycles. The van der Waals surface area contributed by atoms with Crippen molar-refractivity contribution < 1.29 is 19.1 Å². The number of amides is 2. The van der Waals surface area contributed by atoms with Gasteiger partial charge in [-0.25, -0.2) is 14.8 Å². The van der Waals surface area contributed by atoms with Crippen LogP contribution < -0.4 is 10.6 Å². The summed E-state index contributed by atoms with van der Waals surface area (Å²) in [5.41, 5.74) is -0.623. The van der Waals surface area contributed by atoms with E-state index in [0.717, 1.165) is 4.47 Å². The van der Waals surface area contributed by atoms with E-state index in [1.54, 1.807) is 57.3 Å². The van der Waals surface area contributed by atoms with Gasteiger partial charge in [0.2, 0.25) is 0 Å². The van der Waals surface area contributed by atoms with Gasteiger partial charge in [-0.1, -0.05) is 6.07 Å². The maximum Gasteiger partial charge on any atom is 0.413 e. The van der Waals surface area contributed by atoms with Crippen molar-refractivity contribution in [2.75, 3.05) is 18.5 Å². The Morgan fingerprint density at radius 2 is 1.97 bits per heavy atom. The number of amidine groups is 1. The van der Waals surface area contributed by atoms with Crippen molar-refractivity contribution in [2.24, 2.45) is 4.99 Å². The molecule has 0 radical (unpaired) electrons. The van der Waals surface area contributed by atoms with Crippen molar-refractivity contribution in [2.45, 2.75) is 38.8 Å². The van der Waals surface area contributed by atoms with E-state index in [0.29, 0.717) is 17.3 Å². The molecule has 1 aliphatic rings. The standard InChI is InChI=1S/C21H24BrN5O4/c1-20(2,3)31-19(29)26-17-11-30-12-21(4,27-17)15-6-5-7-16(24-15)25-18(28)14-9-8-13(22)10-23-14/h5-10H,11-12H2,1-4H3,(H,24,25,28)(H,26,27,29)/t21-/m0/s1. The summed E-state index contributed by atoms with van der Waals surface area (Å²) < 4.78 is 11.7. The van der Waals surface area contributed by atoms with E-state index in [9.17, 15) is 9.59 Å². The van der Waals surface area contributed by atoms with Gasteiger partial charge in [0.15, 0.2) is 0 Å². The second-order valence-electron chi connectivity index (χ2n) is 8.18. The fourth-order valence-electron chi connectivity index (χ4n) is 2.82. The number of carbonyl (C=O) groups is 2. The van der Waals surface area contributed by atoms with Gasteiger partial charge in [0.25, 0.3) is 5.91 Å². The molecule has 9 nitrogen and oxygen atoms in total. The zero-order valence-corrected chi connectivity index (χ0v) is 19.3. The van der Waals surface area contributed by atoms with Crippen LogP contribution in [0.5, 0.6) is 0 Å². The first-order valence-electron chi connectivity index (χ1n) is 9.61. The number of aromatic nitrogens is 2. The smallest absolute Gasteiger partial charge is 0.413 e. The number of nitrogens with one attached hydrogen (secondary N) is 2. The average molecular weight is 490 g/mol. The second-order valence-corrected chi connectivity index (χ2v) is 9.09. The number of aliphatic imine (C=N–C) groups is 1. The first-order valence-corrected chi connectivity index (χ1v) is 10.4. The highest BCUT2D eigenvalue weighted by molar-refractivity contribution is 9.10. The summed E-state index contributed by atoms with van der Waals surface area (Å²) in [6.45, 7) is 7.61. The maximum absolute atomic E-state index is 12.4. The Kier molecular flexibility index (Phi) is 6.71. The Bertz CT molecular complexity index is 1000. The predicted molar refractivity (Wildman–Crippen MR) is 119 cm³/mol. The van der Waals surface area contributed by atoms with Gasteiger partial charge >= 0.3 is 6.09 Å². The Balaban J connectivity index is 1.76. The lowest BCUT2D eigenvalue weighted by Gasteiger charge is -2.30. The number of pyridine rings is 2. The minimum Gasteiger partial charge on any atom is -0.444 e. The van der Waals surface area contributed by atoms with Crippen LogP contribution in [0.25, 0.3) is 0 Å². The number of alkyl carbamates (subject to hydrolysis) is 1. The van der Waals surface area contributed by atoms with Crippen LogP contribution in [0.1, 0.15) is 43.9 Å². The van der Waals surface area contributed by atoms with E-state index in [1.807, 2.05) is 6.92 Å². The van der Waals surface area contributed by atoms with E-state index in [4.69, 9.17) is 9.47 Å². The van der Waals surface area contributed by atoms with Crippen molar-refractivity contribution in [3.63, 3.8) is 0 Å². The number of rotatable bonds is 3. The molecule has 0 aliphatic carbocycles. The number of halogens is 1. The van der Waals surface area contributed by atoms with Crippen molar-refractivity contribution in [3.8, 4) is 0 Å². The SMILES string of the molecule is CC(C)(C)OC(=O)NC1=N[C@](C)(c2cccc(NC(=O)c3ccc(Br)cn3)n2)COC1. The third kappa shape index (κ3) is 6.31. The van der Waals surface area contributed by atoms with Gasteiger partial charge in [-0.05, 0) is 67.9 Å². The quantitative estimate of drug-likeness (QED) is 0.679. The summed E-state index contributed by atoms with van der Waals surface area (Å²) in [5.74, 6) is 0.326. The van der Waals surface area contributed by atoms with Crippen molar-refractivity contribution in [3.05, 3.63) is 52.4 Å². The van der Waals surface area contributed by atoms with Gasteiger partial charge < -0.3 is 14.8 Å². The molecule has 3 rings (SSSR count). The summed E-state index contributed by atoms with van der Waals surface area (Å²) in [4.78, 5) is 37.7. The van der Waals surface area contributed by atoms with Crippen LogP contribution in [0.4, 0.5) is 10.6 Å². The Morgan fingerprint density at radius 1 is 1.19 bits per heavy atom. The first-order chi connectivity index (χ1) is 14.5. The van der Waals surface area contributed by atoms with E-state index in [1.165, 1.54) is 0 Å². The van der Waals surface area contributed by atoms with E-state index >= 15 is 0 Å². The molecule has 3 heterocycles. The molecular weight excluding hydrogens is 466 g/mol. The zero-order chi connectivity index (χ0) is 22.6. The lowest BCUT2D eigenvalue weighted by Crippen LogP contribution is -2.44. The lowest BCUT2D eigenvalue weighted by molar-refractivity contribution is 0.0542. The summed E-state index contributed by atoms with van der Waals surface area (Å²) in [7, 11) is 0. The largest absolute Gasteiger partial charge is 0.444 e. The third-order valence-corrected chi connectivity index (χ3v) is 4.62. The topological polar surface area (TPSA) is 115 Å². The molecule has 2 amide bonds. The van der Waals surface area contributed by atoms with Crippen LogP contribution in [0.2, 0.25) is 0 Å². The first kappa shape index (κ1) is 22.8. The van der Waals surface area contributed by atoms with Gasteiger partial charge in [0.1, 0.15) is 35.1 Å². The molecule has 2 N–H and O–H groups in total. The molecule has 0 unspecified atom stereocenters. The van der Waals surface area contributed by atoms with Crippen LogP contribution in [0.15, 0.2) is 46.0 Å². The minimum atomic E-state index is -0.848. The van der Waals surface area contributed by atoms with Crippen LogP contribution in [-0.4, -0.2) is 46.6 Å². The predicted octanol–water partition coefficient (Wildman–Crippen LogP) is 3.66. The molecule has 1 aliphatic heterocycles. The lowest BCUT2D eigenvalue weighted by atomic mass is 9.98. The molecule has 31 heavy (non-hydrogen) atoms. The molecule has 0 aromatic carbocycles. The molecule has 0 fully saturated rings. The molecule has 10 heteroatoms. The molecule has 0 bridgehead atoms. The highest BCUT2D eigenvalue weighted by Crippen LogP contribution is 2.28. The zero-order valence-electron chi connectivity index (χ0n) is 17.7. The maximum atomic E-state index is 12.4. The molecular formula is C21H24BrN5O4. The fraction of sp³-hybridized carbons (Fsp3) is 0.381. The van der Waals surface area contributed by atoms with Gasteiger partial charge in [0, 0.05) is 10.7 Å². The Hall–Kier alpha value is -2.85. The molecule has 0 spiro atoms. The number of ether oxygens (including phenoxy) is 2. The molecule has 2 aromatic rings. The Labute approximate surface area is 188 Å². The number of hydrogen-bond acceptors (Lipinski definition) is 7. The van der Waals surface area contributed by atoms with Crippen LogP contribution in [0, 0.1) is 0 Å². The number of carbonyl (C=O) groups excluding carboxylic acids is 2. The van der Waals surface area contributed by atoms with Crippen molar-refractivity contribution >= 4 is 39.6 Å². The van der Waals surface area contributed by atoms with Gasteiger partial charge in [-0.3, -0.25) is 15.1 Å². The molecule has 164 valence electrons. The third-order valence-electron chi connectivity index (χ3n) is 4.15. The number of anilines is 1. The summed E-state index contributed by atoms with van der Waals surface area (Å²) >= 11 is 3.29. The van der Waals surface area contributed by atoms with Gasteiger partial charge in [-0.15, -0.1) is 0 Å². The monoisotopic (exact) mass is 489 g/mol. The molecule has 0 saturated carbocycles. The average Bonchev–Trinajstić information content (AvgIpc) is 2.67. The van der Waals surface area contributed by atoms with Crippen LogP contribution in [0.3, 0.4) is 0 Å². The van der Waals surface area contributed by atoms with E-state index < -0.39 is 17.2 Å². The van der Waals surface area contributed by atoms with Gasteiger partial charge in [-0.2, -0.15) is 0 Å². The molecule has 2 aromatic heterocycles. The van der Waals surface area contributed by atoms with Crippen LogP contribution >= 0.6 is 15.9 Å².